The number of halogens is 1. The van der Waals surface area contributed by atoms with Crippen LogP contribution in [0.25, 0.3) is 28.3 Å². The fourth-order valence-corrected chi connectivity index (χ4v) is 3.42. The Morgan fingerprint density at radius 2 is 1.88 bits per heavy atom. The van der Waals surface area contributed by atoms with Crippen LogP contribution in [0.4, 0.5) is 10.2 Å². The lowest BCUT2D eigenvalue weighted by Gasteiger charge is -2.08. The first-order valence-electron chi connectivity index (χ1n) is 8.17. The number of anilines is 1. The third-order valence-electron chi connectivity index (χ3n) is 4.53. The van der Waals surface area contributed by atoms with Crippen LogP contribution in [-0.4, -0.2) is 24.1 Å². The molecule has 0 spiro atoms. The van der Waals surface area contributed by atoms with E-state index in [1.54, 1.807) is 22.8 Å². The number of rotatable bonds is 2. The monoisotopic (exact) mass is 334 g/mol. The van der Waals surface area contributed by atoms with Crippen molar-refractivity contribution >= 4 is 11.5 Å². The fraction of sp³-hybridized carbons (Fsp3) is 0.167. The molecule has 4 aromatic rings. The molecule has 0 saturated heterocycles. The molecule has 1 aliphatic heterocycles. The van der Waals surface area contributed by atoms with Gasteiger partial charge in [0.1, 0.15) is 23.2 Å². The second kappa shape index (κ2) is 5.14. The van der Waals surface area contributed by atoms with Gasteiger partial charge in [0.25, 0.3) is 0 Å². The van der Waals surface area contributed by atoms with Crippen LogP contribution in [0, 0.1) is 5.82 Å². The van der Waals surface area contributed by atoms with Crippen molar-refractivity contribution in [3.05, 3.63) is 54.2 Å². The van der Waals surface area contributed by atoms with E-state index in [-0.39, 0.29) is 5.82 Å². The number of nitrogen functional groups attached to an aromatic ring is 1. The Morgan fingerprint density at radius 1 is 1.04 bits per heavy atom. The van der Waals surface area contributed by atoms with E-state index in [1.165, 1.54) is 12.1 Å². The summed E-state index contributed by atoms with van der Waals surface area (Å²) in [6.07, 6.45) is 3.70. The summed E-state index contributed by atoms with van der Waals surface area (Å²) in [7, 11) is 0. The summed E-state index contributed by atoms with van der Waals surface area (Å²) in [5, 5.41) is 4.66. The highest BCUT2D eigenvalue weighted by Gasteiger charge is 2.24. The number of hydrogen-bond donors (Lipinski definition) is 1. The standard InChI is InChI=1S/C18H15FN6/c19-12-5-3-11(4-6-12)17-18(24-9-1-2-15(24)22-17)13-7-8-16-21-14(20)10-25(16)23-13/h3-8,10H,1-2,9,20H2. The molecule has 1 aliphatic rings. The predicted octanol–water partition coefficient (Wildman–Crippen LogP) is 2.93. The van der Waals surface area contributed by atoms with Gasteiger partial charge < -0.3 is 10.3 Å². The van der Waals surface area contributed by atoms with Gasteiger partial charge in [-0.1, -0.05) is 0 Å². The summed E-state index contributed by atoms with van der Waals surface area (Å²) in [4.78, 5) is 9.02. The first-order valence-corrected chi connectivity index (χ1v) is 8.17. The maximum atomic E-state index is 13.3. The molecular formula is C18H15FN6. The number of aromatic nitrogens is 5. The molecule has 0 fully saturated rings. The molecule has 0 unspecified atom stereocenters. The van der Waals surface area contributed by atoms with Crippen LogP contribution < -0.4 is 5.73 Å². The van der Waals surface area contributed by atoms with Crippen LogP contribution in [0.5, 0.6) is 0 Å². The second-order valence-corrected chi connectivity index (χ2v) is 6.17. The van der Waals surface area contributed by atoms with Gasteiger partial charge in [-0.25, -0.2) is 18.9 Å². The van der Waals surface area contributed by atoms with Gasteiger partial charge >= 0.3 is 0 Å². The van der Waals surface area contributed by atoms with Gasteiger partial charge in [0, 0.05) is 18.5 Å². The largest absolute Gasteiger partial charge is 0.382 e. The quantitative estimate of drug-likeness (QED) is 0.612. The van der Waals surface area contributed by atoms with Gasteiger partial charge in [-0.15, -0.1) is 0 Å². The van der Waals surface area contributed by atoms with Crippen LogP contribution in [0.2, 0.25) is 0 Å². The molecule has 124 valence electrons. The second-order valence-electron chi connectivity index (χ2n) is 6.17. The maximum absolute atomic E-state index is 13.3. The summed E-state index contributed by atoms with van der Waals surface area (Å²) >= 11 is 0. The first-order chi connectivity index (χ1) is 12.2. The van der Waals surface area contributed by atoms with Gasteiger partial charge in [0.2, 0.25) is 0 Å². The Bertz CT molecular complexity index is 1090. The zero-order chi connectivity index (χ0) is 17.0. The van der Waals surface area contributed by atoms with Crippen molar-refractivity contribution < 1.29 is 4.39 Å². The average Bonchev–Trinajstić information content (AvgIpc) is 3.27. The highest BCUT2D eigenvalue weighted by molar-refractivity contribution is 5.77. The van der Waals surface area contributed by atoms with Crippen LogP contribution in [0.1, 0.15) is 12.2 Å². The number of aryl methyl sites for hydroxylation is 1. The molecule has 4 heterocycles. The highest BCUT2D eigenvalue weighted by Crippen LogP contribution is 2.34. The molecule has 0 radical (unpaired) electrons. The summed E-state index contributed by atoms with van der Waals surface area (Å²) in [5.74, 6) is 1.22. The Balaban J connectivity index is 1.74. The zero-order valence-electron chi connectivity index (χ0n) is 13.4. The summed E-state index contributed by atoms with van der Waals surface area (Å²) in [6.45, 7) is 0.907. The summed E-state index contributed by atoms with van der Waals surface area (Å²) in [6, 6.07) is 10.2. The molecule has 25 heavy (non-hydrogen) atoms. The van der Waals surface area contributed by atoms with E-state index in [0.717, 1.165) is 47.9 Å². The lowest BCUT2D eigenvalue weighted by Crippen LogP contribution is -2.01. The van der Waals surface area contributed by atoms with E-state index in [4.69, 9.17) is 10.7 Å². The molecule has 5 rings (SSSR count). The van der Waals surface area contributed by atoms with Crippen molar-refractivity contribution in [2.75, 3.05) is 5.73 Å². The third kappa shape index (κ3) is 2.20. The van der Waals surface area contributed by atoms with Crippen LogP contribution in [-0.2, 0) is 13.0 Å². The Morgan fingerprint density at radius 3 is 2.72 bits per heavy atom. The van der Waals surface area contributed by atoms with E-state index in [0.29, 0.717) is 11.5 Å². The average molecular weight is 334 g/mol. The highest BCUT2D eigenvalue weighted by atomic mass is 19.1. The van der Waals surface area contributed by atoms with E-state index in [2.05, 4.69) is 14.6 Å². The third-order valence-corrected chi connectivity index (χ3v) is 4.53. The minimum absolute atomic E-state index is 0.259. The Labute approximate surface area is 142 Å². The SMILES string of the molecule is Nc1cn2nc(-c3c(-c4ccc(F)cc4)nc4n3CCC4)ccc2n1. The molecule has 0 amide bonds. The van der Waals surface area contributed by atoms with Crippen molar-refractivity contribution in [3.8, 4) is 22.6 Å². The van der Waals surface area contributed by atoms with Crippen LogP contribution in [0.3, 0.4) is 0 Å². The predicted molar refractivity (Wildman–Crippen MR) is 92.3 cm³/mol. The molecule has 7 heteroatoms. The van der Waals surface area contributed by atoms with Crippen molar-refractivity contribution in [2.24, 2.45) is 0 Å². The van der Waals surface area contributed by atoms with E-state index in [9.17, 15) is 4.39 Å². The fourth-order valence-electron chi connectivity index (χ4n) is 3.42. The normalized spacial score (nSPS) is 13.5. The number of imidazole rings is 2. The molecule has 2 N–H and O–H groups in total. The summed E-state index contributed by atoms with van der Waals surface area (Å²) < 4.78 is 17.2. The van der Waals surface area contributed by atoms with Gasteiger partial charge in [-0.05, 0) is 42.8 Å². The van der Waals surface area contributed by atoms with E-state index in [1.807, 2.05) is 12.1 Å². The van der Waals surface area contributed by atoms with Crippen molar-refractivity contribution in [3.63, 3.8) is 0 Å². The smallest absolute Gasteiger partial charge is 0.156 e. The lowest BCUT2D eigenvalue weighted by atomic mass is 10.1. The Kier molecular flexibility index (Phi) is 2.91. The molecule has 0 bridgehead atoms. The number of nitrogens with zero attached hydrogens (tertiary/aromatic N) is 5. The minimum Gasteiger partial charge on any atom is -0.382 e. The van der Waals surface area contributed by atoms with Gasteiger partial charge in [0.15, 0.2) is 5.65 Å². The van der Waals surface area contributed by atoms with Crippen molar-refractivity contribution in [1.29, 1.82) is 0 Å². The number of hydrogen-bond acceptors (Lipinski definition) is 4. The number of fused-ring (bicyclic) bond motifs is 2. The molecule has 6 nitrogen and oxygen atoms in total. The lowest BCUT2D eigenvalue weighted by molar-refractivity contribution is 0.628. The molecule has 0 saturated carbocycles. The minimum atomic E-state index is -0.259. The molecular weight excluding hydrogens is 319 g/mol. The molecule has 3 aromatic heterocycles. The summed E-state index contributed by atoms with van der Waals surface area (Å²) in [5.41, 5.74) is 9.92. The molecule has 0 atom stereocenters. The van der Waals surface area contributed by atoms with Crippen LogP contribution >= 0.6 is 0 Å². The first kappa shape index (κ1) is 14.2. The van der Waals surface area contributed by atoms with Crippen molar-refractivity contribution in [1.82, 2.24) is 24.1 Å². The van der Waals surface area contributed by atoms with Gasteiger partial charge in [0.05, 0.1) is 17.6 Å². The van der Waals surface area contributed by atoms with Crippen molar-refractivity contribution in [2.45, 2.75) is 19.4 Å². The van der Waals surface area contributed by atoms with Gasteiger partial charge in [-0.3, -0.25) is 0 Å². The zero-order valence-corrected chi connectivity index (χ0v) is 13.4. The van der Waals surface area contributed by atoms with Crippen LogP contribution in [0.15, 0.2) is 42.6 Å². The number of benzene rings is 1. The Hall–Kier alpha value is -3.22. The van der Waals surface area contributed by atoms with E-state index < -0.39 is 0 Å². The molecule has 1 aromatic carbocycles. The maximum Gasteiger partial charge on any atom is 0.156 e. The number of nitrogens with two attached hydrogens (primary N) is 1. The van der Waals surface area contributed by atoms with Gasteiger partial charge in [-0.2, -0.15) is 5.10 Å². The molecule has 0 aliphatic carbocycles. The van der Waals surface area contributed by atoms with E-state index >= 15 is 0 Å². The topological polar surface area (TPSA) is 74.0 Å².